The first-order valence-corrected chi connectivity index (χ1v) is 12.4. The van der Waals surface area contributed by atoms with Crippen LogP contribution in [0.2, 0.25) is 25.7 Å². The van der Waals surface area contributed by atoms with E-state index < -0.39 is 8.07 Å². The quantitative estimate of drug-likeness (QED) is 0.374. The van der Waals surface area contributed by atoms with Gasteiger partial charge in [0.25, 0.3) is 0 Å². The summed E-state index contributed by atoms with van der Waals surface area (Å²) < 4.78 is 8.30. The number of carbonyl (C=O) groups excluding carboxylic acids is 1. The molecule has 0 amide bonds. The maximum Gasteiger partial charge on any atom is 0.166 e. The maximum atomic E-state index is 12.3. The molecule has 0 N–H and O–H groups in total. The Bertz CT molecular complexity index is 694. The third-order valence-electron chi connectivity index (χ3n) is 3.54. The van der Waals surface area contributed by atoms with Crippen molar-refractivity contribution in [2.24, 2.45) is 0 Å². The zero-order chi connectivity index (χ0) is 17.0. The summed E-state index contributed by atoms with van der Waals surface area (Å²) in [6, 6.07) is 1.12. The average molecular weight is 398 g/mol. The second-order valence-corrected chi connectivity index (χ2v) is 13.3. The number of carbonyl (C=O) groups is 1. The van der Waals surface area contributed by atoms with Crippen molar-refractivity contribution in [2.75, 3.05) is 6.61 Å². The molecule has 0 atom stereocenters. The second kappa shape index (κ2) is 7.68. The van der Waals surface area contributed by atoms with Gasteiger partial charge in [-0.1, -0.05) is 26.6 Å². The van der Waals surface area contributed by atoms with Crippen LogP contribution in [0, 0.1) is 0 Å². The minimum Gasteiger partial charge on any atom is -0.361 e. The standard InChI is InChI=1S/C16H24BrN3O2Si/c1-5-6-13(21)12-10-20(11-22-7-8-23(2,3)4)16-15(12)19-14(17)9-18-16/h9-10H,5-8,11H2,1-4H3. The second-order valence-electron chi connectivity index (χ2n) is 6.90. The largest absolute Gasteiger partial charge is 0.361 e. The summed E-state index contributed by atoms with van der Waals surface area (Å²) in [5, 5.41) is 0. The molecule has 7 heteroatoms. The molecule has 0 bridgehead atoms. The molecular weight excluding hydrogens is 374 g/mol. The molecule has 0 aliphatic carbocycles. The molecular formula is C16H24BrN3O2Si. The third-order valence-corrected chi connectivity index (χ3v) is 5.63. The van der Waals surface area contributed by atoms with Gasteiger partial charge in [0.15, 0.2) is 11.4 Å². The van der Waals surface area contributed by atoms with Crippen molar-refractivity contribution >= 4 is 41.0 Å². The van der Waals surface area contributed by atoms with E-state index >= 15 is 0 Å². The van der Waals surface area contributed by atoms with Crippen LogP contribution in [0.15, 0.2) is 17.0 Å². The van der Waals surface area contributed by atoms with Crippen molar-refractivity contribution in [3.05, 3.63) is 22.6 Å². The summed E-state index contributed by atoms with van der Waals surface area (Å²) >= 11 is 3.33. The predicted molar refractivity (Wildman–Crippen MR) is 98.6 cm³/mol. The number of rotatable bonds is 8. The van der Waals surface area contributed by atoms with Gasteiger partial charge in [0.2, 0.25) is 0 Å². The van der Waals surface area contributed by atoms with Gasteiger partial charge in [0.05, 0.1) is 11.8 Å². The molecule has 5 nitrogen and oxygen atoms in total. The molecule has 0 unspecified atom stereocenters. The lowest BCUT2D eigenvalue weighted by molar-refractivity contribution is 0.0894. The molecule has 0 radical (unpaired) electrons. The van der Waals surface area contributed by atoms with Crippen molar-refractivity contribution in [3.63, 3.8) is 0 Å². The van der Waals surface area contributed by atoms with Crippen molar-refractivity contribution in [2.45, 2.75) is 52.2 Å². The van der Waals surface area contributed by atoms with Crippen LogP contribution in [-0.4, -0.2) is 35.0 Å². The fraction of sp³-hybridized carbons (Fsp3) is 0.562. The van der Waals surface area contributed by atoms with Gasteiger partial charge in [0.1, 0.15) is 16.9 Å². The number of aromatic nitrogens is 3. The highest BCUT2D eigenvalue weighted by molar-refractivity contribution is 9.10. The fourth-order valence-electron chi connectivity index (χ4n) is 2.24. The van der Waals surface area contributed by atoms with E-state index in [-0.39, 0.29) is 5.78 Å². The van der Waals surface area contributed by atoms with Gasteiger partial charge < -0.3 is 9.30 Å². The number of ketones is 1. The van der Waals surface area contributed by atoms with Crippen molar-refractivity contribution in [1.82, 2.24) is 14.5 Å². The highest BCUT2D eigenvalue weighted by atomic mass is 79.9. The van der Waals surface area contributed by atoms with E-state index in [2.05, 4.69) is 45.5 Å². The molecule has 0 aromatic carbocycles. The highest BCUT2D eigenvalue weighted by Gasteiger charge is 2.18. The Labute approximate surface area is 146 Å². The van der Waals surface area contributed by atoms with E-state index in [4.69, 9.17) is 4.74 Å². The lowest BCUT2D eigenvalue weighted by atomic mass is 10.1. The molecule has 23 heavy (non-hydrogen) atoms. The molecule has 0 spiro atoms. The minimum atomic E-state index is -1.10. The van der Waals surface area contributed by atoms with Crippen LogP contribution >= 0.6 is 15.9 Å². The van der Waals surface area contributed by atoms with Crippen molar-refractivity contribution < 1.29 is 9.53 Å². The van der Waals surface area contributed by atoms with Crippen LogP contribution in [0.25, 0.3) is 11.2 Å². The molecule has 2 aromatic rings. The fourth-order valence-corrected chi connectivity index (χ4v) is 3.27. The van der Waals surface area contributed by atoms with Gasteiger partial charge in [-0.25, -0.2) is 9.97 Å². The highest BCUT2D eigenvalue weighted by Crippen LogP contribution is 2.22. The van der Waals surface area contributed by atoms with Crippen LogP contribution in [0.3, 0.4) is 0 Å². The maximum absolute atomic E-state index is 12.3. The Morgan fingerprint density at radius 1 is 1.39 bits per heavy atom. The van der Waals surface area contributed by atoms with Gasteiger partial charge in [-0.2, -0.15) is 0 Å². The molecule has 0 fully saturated rings. The van der Waals surface area contributed by atoms with E-state index in [1.165, 1.54) is 0 Å². The van der Waals surface area contributed by atoms with E-state index in [0.29, 0.717) is 34.5 Å². The predicted octanol–water partition coefficient (Wildman–Crippen LogP) is 4.49. The van der Waals surface area contributed by atoms with Crippen LogP contribution in [0.4, 0.5) is 0 Å². The first-order valence-electron chi connectivity index (χ1n) is 7.94. The summed E-state index contributed by atoms with van der Waals surface area (Å²) in [6.07, 6.45) is 4.81. The Morgan fingerprint density at radius 2 is 2.13 bits per heavy atom. The smallest absolute Gasteiger partial charge is 0.166 e. The summed E-state index contributed by atoms with van der Waals surface area (Å²) in [4.78, 5) is 21.1. The third kappa shape index (κ3) is 4.96. The Hall–Kier alpha value is -1.05. The van der Waals surface area contributed by atoms with Crippen LogP contribution in [0.1, 0.15) is 30.1 Å². The molecule has 0 saturated carbocycles. The number of fused-ring (bicyclic) bond motifs is 1. The number of hydrogen-bond donors (Lipinski definition) is 0. The van der Waals surface area contributed by atoms with Gasteiger partial charge in [0, 0.05) is 27.3 Å². The average Bonchev–Trinajstić information content (AvgIpc) is 2.81. The number of nitrogens with zero attached hydrogens (tertiary/aromatic N) is 3. The molecule has 126 valence electrons. The number of Topliss-reactive ketones (excluding diaryl/α,β-unsaturated/α-hetero) is 1. The Kier molecular flexibility index (Phi) is 6.10. The zero-order valence-corrected chi connectivity index (χ0v) is 16.8. The summed E-state index contributed by atoms with van der Waals surface area (Å²) in [5.74, 6) is 0.103. The first kappa shape index (κ1) is 18.3. The van der Waals surface area contributed by atoms with E-state index in [1.54, 1.807) is 6.20 Å². The first-order chi connectivity index (χ1) is 10.8. The summed E-state index contributed by atoms with van der Waals surface area (Å²) in [6.45, 7) is 10.1. The number of halogens is 1. The van der Waals surface area contributed by atoms with Crippen LogP contribution < -0.4 is 0 Å². The van der Waals surface area contributed by atoms with E-state index in [9.17, 15) is 4.79 Å². The number of ether oxygens (including phenoxy) is 1. The molecule has 0 aliphatic rings. The monoisotopic (exact) mass is 397 g/mol. The molecule has 0 saturated heterocycles. The molecule has 2 heterocycles. The number of hydrogen-bond acceptors (Lipinski definition) is 4. The van der Waals surface area contributed by atoms with Crippen LogP contribution in [0.5, 0.6) is 0 Å². The van der Waals surface area contributed by atoms with E-state index in [0.717, 1.165) is 19.1 Å². The van der Waals surface area contributed by atoms with Gasteiger partial charge in [-0.3, -0.25) is 4.79 Å². The minimum absolute atomic E-state index is 0.103. The summed E-state index contributed by atoms with van der Waals surface area (Å²) in [7, 11) is -1.10. The summed E-state index contributed by atoms with van der Waals surface area (Å²) in [5.41, 5.74) is 1.97. The lowest BCUT2D eigenvalue weighted by Gasteiger charge is -2.15. The van der Waals surface area contributed by atoms with Gasteiger partial charge in [-0.15, -0.1) is 0 Å². The van der Waals surface area contributed by atoms with Crippen molar-refractivity contribution in [3.8, 4) is 0 Å². The van der Waals surface area contributed by atoms with Gasteiger partial charge in [-0.05, 0) is 28.4 Å². The van der Waals surface area contributed by atoms with Gasteiger partial charge >= 0.3 is 0 Å². The lowest BCUT2D eigenvalue weighted by Crippen LogP contribution is -2.22. The topological polar surface area (TPSA) is 57.0 Å². The van der Waals surface area contributed by atoms with E-state index in [1.807, 2.05) is 17.7 Å². The SMILES string of the molecule is CCCC(=O)c1cn(COCC[Si](C)(C)C)c2ncc(Br)nc12. The molecule has 2 rings (SSSR count). The normalized spacial score (nSPS) is 12.0. The zero-order valence-electron chi connectivity index (χ0n) is 14.2. The molecule has 2 aromatic heterocycles. The Balaban J connectivity index is 2.21. The van der Waals surface area contributed by atoms with Crippen LogP contribution in [-0.2, 0) is 11.5 Å². The van der Waals surface area contributed by atoms with Crippen molar-refractivity contribution in [1.29, 1.82) is 0 Å². The Morgan fingerprint density at radius 3 is 2.78 bits per heavy atom. The molecule has 0 aliphatic heterocycles.